The molecule has 1 aliphatic rings. The third-order valence-electron chi connectivity index (χ3n) is 4.75. The van der Waals surface area contributed by atoms with Crippen molar-refractivity contribution in [1.29, 1.82) is 0 Å². The second-order valence-corrected chi connectivity index (χ2v) is 7.56. The first-order valence-corrected chi connectivity index (χ1v) is 10.1. The van der Waals surface area contributed by atoms with E-state index in [1.54, 1.807) is 6.26 Å². The number of nitrogens with two attached hydrogens (primary N) is 2. The monoisotopic (exact) mass is 481 g/mol. The molecule has 32 heavy (non-hydrogen) atoms. The quantitative estimate of drug-likeness (QED) is 0.508. The van der Waals surface area contributed by atoms with Crippen molar-refractivity contribution in [3.05, 3.63) is 41.5 Å². The average molecular weight is 481 g/mol. The van der Waals surface area contributed by atoms with Crippen LogP contribution in [0.15, 0.2) is 35.2 Å². The summed E-state index contributed by atoms with van der Waals surface area (Å²) in [6.07, 6.45) is -11.0. The Balaban J connectivity index is 2.21. The summed E-state index contributed by atoms with van der Waals surface area (Å²) in [5.41, 5.74) is 10.5. The van der Waals surface area contributed by atoms with Gasteiger partial charge in [0.05, 0.1) is 17.4 Å². The van der Waals surface area contributed by atoms with Crippen molar-refractivity contribution in [3.63, 3.8) is 0 Å². The third kappa shape index (κ3) is 4.35. The van der Waals surface area contributed by atoms with Gasteiger partial charge in [-0.15, -0.1) is 11.8 Å². The molecular formula is C18H17F6N5O2S. The highest BCUT2D eigenvalue weighted by atomic mass is 32.2. The maximum atomic E-state index is 13.7. The summed E-state index contributed by atoms with van der Waals surface area (Å²) in [4.78, 5) is 21.4. The molecule has 2 aromatic rings. The lowest BCUT2D eigenvalue weighted by Crippen LogP contribution is -2.60. The molecule has 0 saturated carbocycles. The first-order chi connectivity index (χ1) is 14.8. The molecular weight excluding hydrogens is 464 g/mol. The minimum absolute atomic E-state index is 0.100. The minimum Gasteiger partial charge on any atom is -0.328 e. The smallest absolute Gasteiger partial charge is 0.328 e. The lowest BCUT2D eigenvalue weighted by Gasteiger charge is -2.42. The Labute approximate surface area is 182 Å². The van der Waals surface area contributed by atoms with Crippen LogP contribution in [0.2, 0.25) is 0 Å². The van der Waals surface area contributed by atoms with E-state index in [0.717, 1.165) is 17.8 Å². The standard InChI is InChI=1S/C18H17F6N5O2S/c1-28-13(25)8-6-7-10(12-9(17(19,20)21)4-3-5-11(12)32-2)27-14(8)29(16(28)26)31-15(30)18(22,23)24/h3-7,13,16H,25-26H2,1-2H3. The summed E-state index contributed by atoms with van der Waals surface area (Å²) < 4.78 is 79.3. The molecule has 174 valence electrons. The molecule has 0 amide bonds. The van der Waals surface area contributed by atoms with E-state index in [2.05, 4.69) is 9.82 Å². The Morgan fingerprint density at radius 3 is 2.34 bits per heavy atom. The number of hydrogen-bond acceptors (Lipinski definition) is 8. The van der Waals surface area contributed by atoms with E-state index in [1.807, 2.05) is 0 Å². The second-order valence-electron chi connectivity index (χ2n) is 6.72. The molecule has 1 aromatic carbocycles. The number of hydrogen-bond donors (Lipinski definition) is 2. The Morgan fingerprint density at radius 2 is 1.78 bits per heavy atom. The highest BCUT2D eigenvalue weighted by molar-refractivity contribution is 7.98. The predicted molar refractivity (Wildman–Crippen MR) is 104 cm³/mol. The van der Waals surface area contributed by atoms with Gasteiger partial charge in [-0.1, -0.05) is 12.1 Å². The van der Waals surface area contributed by atoms with Gasteiger partial charge in [0.2, 0.25) is 0 Å². The third-order valence-corrected chi connectivity index (χ3v) is 5.53. The number of anilines is 1. The molecule has 0 aliphatic carbocycles. The topological polar surface area (TPSA) is 97.7 Å². The number of alkyl halides is 6. The largest absolute Gasteiger partial charge is 0.493 e. The summed E-state index contributed by atoms with van der Waals surface area (Å²) >= 11 is 1.03. The normalized spacial score (nSPS) is 19.6. The van der Waals surface area contributed by atoms with Crippen LogP contribution in [-0.4, -0.2) is 41.6 Å². The first-order valence-electron chi connectivity index (χ1n) is 8.84. The molecule has 0 bridgehead atoms. The molecule has 3 rings (SSSR count). The zero-order valence-electron chi connectivity index (χ0n) is 16.5. The zero-order chi connectivity index (χ0) is 24.0. The minimum atomic E-state index is -5.34. The number of nitrogens with zero attached hydrogens (tertiary/aromatic N) is 3. The van der Waals surface area contributed by atoms with Crippen molar-refractivity contribution in [1.82, 2.24) is 9.88 Å². The molecule has 1 aliphatic heterocycles. The molecule has 1 aromatic heterocycles. The van der Waals surface area contributed by atoms with Crippen molar-refractivity contribution in [2.45, 2.75) is 29.7 Å². The van der Waals surface area contributed by atoms with Crippen molar-refractivity contribution >= 4 is 23.5 Å². The molecule has 0 radical (unpaired) electrons. The van der Waals surface area contributed by atoms with Gasteiger partial charge in [-0.3, -0.25) is 10.6 Å². The molecule has 14 heteroatoms. The van der Waals surface area contributed by atoms with Gasteiger partial charge in [-0.05, 0) is 31.5 Å². The van der Waals surface area contributed by atoms with E-state index in [9.17, 15) is 31.1 Å². The summed E-state index contributed by atoms with van der Waals surface area (Å²) in [7, 11) is 1.37. The zero-order valence-corrected chi connectivity index (χ0v) is 17.3. The van der Waals surface area contributed by atoms with E-state index < -0.39 is 42.2 Å². The molecule has 2 unspecified atom stereocenters. The maximum Gasteiger partial charge on any atom is 0.493 e. The SMILES string of the molecule is CSc1cccc(C(F)(F)F)c1-c1ccc2c(n1)N(OC(=O)C(F)(F)F)C(N)N(C)C2N. The molecule has 2 atom stereocenters. The number of benzene rings is 1. The van der Waals surface area contributed by atoms with Crippen molar-refractivity contribution in [3.8, 4) is 11.3 Å². The van der Waals surface area contributed by atoms with E-state index in [1.165, 1.54) is 36.2 Å². The van der Waals surface area contributed by atoms with Crippen LogP contribution in [0.3, 0.4) is 0 Å². The summed E-state index contributed by atoms with van der Waals surface area (Å²) in [5, 5.41) is 0.382. The number of hydroxylamine groups is 1. The highest BCUT2D eigenvalue weighted by Gasteiger charge is 2.46. The molecule has 4 N–H and O–H groups in total. The summed E-state index contributed by atoms with van der Waals surface area (Å²) in [6.45, 7) is 0. The second kappa shape index (κ2) is 8.42. The van der Waals surface area contributed by atoms with Crippen LogP contribution in [0.1, 0.15) is 17.3 Å². The Bertz CT molecular complexity index is 1030. The van der Waals surface area contributed by atoms with Gasteiger partial charge in [-0.2, -0.15) is 31.4 Å². The fraction of sp³-hybridized carbons (Fsp3) is 0.333. The van der Waals surface area contributed by atoms with Crippen LogP contribution >= 0.6 is 11.8 Å². The maximum absolute atomic E-state index is 13.7. The lowest BCUT2D eigenvalue weighted by molar-refractivity contribution is -0.204. The van der Waals surface area contributed by atoms with Gasteiger partial charge in [0.25, 0.3) is 0 Å². The number of pyridine rings is 1. The van der Waals surface area contributed by atoms with Gasteiger partial charge >= 0.3 is 18.3 Å². The van der Waals surface area contributed by atoms with Crippen LogP contribution in [0.5, 0.6) is 0 Å². The van der Waals surface area contributed by atoms with E-state index in [0.29, 0.717) is 5.06 Å². The fourth-order valence-electron chi connectivity index (χ4n) is 3.12. The molecule has 2 heterocycles. The van der Waals surface area contributed by atoms with Crippen LogP contribution < -0.4 is 16.5 Å². The van der Waals surface area contributed by atoms with Crippen LogP contribution in [0, 0.1) is 0 Å². The average Bonchev–Trinajstić information content (AvgIpc) is 2.72. The lowest BCUT2D eigenvalue weighted by atomic mass is 10.0. The summed E-state index contributed by atoms with van der Waals surface area (Å²) in [6, 6.07) is 6.11. The number of fused-ring (bicyclic) bond motifs is 1. The van der Waals surface area contributed by atoms with Gasteiger partial charge in [0.1, 0.15) is 0 Å². The van der Waals surface area contributed by atoms with Gasteiger partial charge in [0, 0.05) is 16.0 Å². The number of carbonyl (C=O) groups is 1. The van der Waals surface area contributed by atoms with Crippen molar-refractivity contribution in [2.75, 3.05) is 18.4 Å². The molecule has 0 saturated heterocycles. The summed E-state index contributed by atoms with van der Waals surface area (Å²) in [5.74, 6) is -2.97. The highest BCUT2D eigenvalue weighted by Crippen LogP contribution is 2.43. The van der Waals surface area contributed by atoms with E-state index in [-0.39, 0.29) is 21.7 Å². The number of halogens is 6. The van der Waals surface area contributed by atoms with E-state index >= 15 is 0 Å². The van der Waals surface area contributed by atoms with E-state index in [4.69, 9.17) is 11.5 Å². The predicted octanol–water partition coefficient (Wildman–Crippen LogP) is 3.46. The Morgan fingerprint density at radius 1 is 1.12 bits per heavy atom. The Hall–Kier alpha value is -2.55. The molecule has 0 spiro atoms. The van der Waals surface area contributed by atoms with Crippen LogP contribution in [0.25, 0.3) is 11.3 Å². The van der Waals surface area contributed by atoms with Gasteiger partial charge in [0.15, 0.2) is 12.1 Å². The molecule has 0 fully saturated rings. The van der Waals surface area contributed by atoms with Crippen molar-refractivity contribution < 1.29 is 36.0 Å². The number of rotatable bonds is 3. The number of thioether (sulfide) groups is 1. The number of carbonyl (C=O) groups excluding carboxylic acids is 1. The van der Waals surface area contributed by atoms with Crippen LogP contribution in [0.4, 0.5) is 32.2 Å². The fourth-order valence-corrected chi connectivity index (χ4v) is 3.75. The molecule has 7 nitrogen and oxygen atoms in total. The Kier molecular flexibility index (Phi) is 6.34. The van der Waals surface area contributed by atoms with Crippen molar-refractivity contribution in [2.24, 2.45) is 11.5 Å². The van der Waals surface area contributed by atoms with Gasteiger partial charge < -0.3 is 10.6 Å². The first kappa shape index (κ1) is 24.1. The number of aromatic nitrogens is 1. The van der Waals surface area contributed by atoms with Gasteiger partial charge in [-0.25, -0.2) is 9.78 Å². The van der Waals surface area contributed by atoms with Crippen LogP contribution in [-0.2, 0) is 15.8 Å².